The lowest BCUT2D eigenvalue weighted by molar-refractivity contribution is 0.703. The number of fused-ring (bicyclic) bond motifs is 3. The number of hydrogen-bond donors (Lipinski definition) is 1. The van der Waals surface area contributed by atoms with Gasteiger partial charge in [-0.3, -0.25) is 0 Å². The predicted molar refractivity (Wildman–Crippen MR) is 102 cm³/mol. The van der Waals surface area contributed by atoms with Crippen LogP contribution in [0.2, 0.25) is 0 Å². The summed E-state index contributed by atoms with van der Waals surface area (Å²) in [7, 11) is 0. The molecule has 2 heterocycles. The molecule has 0 aliphatic carbocycles. The molecule has 1 aromatic heterocycles. The topological polar surface area (TPSA) is 37.8 Å². The average Bonchev–Trinajstić information content (AvgIpc) is 3.10. The molecule has 2 aromatic carbocycles. The van der Waals surface area contributed by atoms with Gasteiger partial charge < -0.3 is 5.32 Å². The number of hydrogen-bond acceptors (Lipinski definition) is 4. The zero-order valence-corrected chi connectivity index (χ0v) is 14.6. The molecular weight excluding hydrogens is 314 g/mol. The van der Waals surface area contributed by atoms with Crippen molar-refractivity contribution in [3.63, 3.8) is 0 Å². The Labute approximate surface area is 146 Å². The maximum Gasteiger partial charge on any atom is 0.137 e. The lowest BCUT2D eigenvalue weighted by Gasteiger charge is -2.17. The van der Waals surface area contributed by atoms with Crippen LogP contribution >= 0.6 is 11.8 Å². The van der Waals surface area contributed by atoms with E-state index in [9.17, 15) is 0 Å². The standard InChI is InChI=1S/C20H21N3S/c1-14(7-8-15-5-3-2-4-6-15)23-20-19-16-11-12-24-18(16)10-9-17(19)21-13-22-20/h2-6,9-10,13-14H,7-8,11-12H2,1H3,(H,21,22,23). The van der Waals surface area contributed by atoms with Crippen LogP contribution in [0.1, 0.15) is 24.5 Å². The fraction of sp³-hybridized carbons (Fsp3) is 0.300. The second kappa shape index (κ2) is 6.81. The van der Waals surface area contributed by atoms with Crippen molar-refractivity contribution < 1.29 is 0 Å². The van der Waals surface area contributed by atoms with Crippen LogP contribution in [0.3, 0.4) is 0 Å². The summed E-state index contributed by atoms with van der Waals surface area (Å²) in [5.74, 6) is 2.15. The molecule has 4 rings (SSSR count). The van der Waals surface area contributed by atoms with Gasteiger partial charge in [0.05, 0.1) is 5.52 Å². The molecule has 1 aliphatic rings. The number of aromatic nitrogens is 2. The molecular formula is C20H21N3S. The summed E-state index contributed by atoms with van der Waals surface area (Å²) in [4.78, 5) is 10.4. The normalized spacial score (nSPS) is 14.5. The Morgan fingerprint density at radius 2 is 2.00 bits per heavy atom. The Morgan fingerprint density at radius 1 is 1.12 bits per heavy atom. The van der Waals surface area contributed by atoms with Gasteiger partial charge in [0.2, 0.25) is 0 Å². The number of thioether (sulfide) groups is 1. The van der Waals surface area contributed by atoms with Gasteiger partial charge in [-0.15, -0.1) is 11.8 Å². The fourth-order valence-corrected chi connectivity index (χ4v) is 4.36. The highest BCUT2D eigenvalue weighted by Crippen LogP contribution is 2.38. The molecule has 3 nitrogen and oxygen atoms in total. The summed E-state index contributed by atoms with van der Waals surface area (Å²) in [6, 6.07) is 15.3. The van der Waals surface area contributed by atoms with Crippen molar-refractivity contribution >= 4 is 28.5 Å². The molecule has 0 saturated heterocycles. The first-order valence-electron chi connectivity index (χ1n) is 8.51. The first-order valence-corrected chi connectivity index (χ1v) is 9.49. The molecule has 0 spiro atoms. The summed E-state index contributed by atoms with van der Waals surface area (Å²) in [5, 5.41) is 4.84. The highest BCUT2D eigenvalue weighted by molar-refractivity contribution is 7.99. The van der Waals surface area contributed by atoms with Crippen molar-refractivity contribution in [2.24, 2.45) is 0 Å². The number of benzene rings is 2. The van der Waals surface area contributed by atoms with Gasteiger partial charge in [-0.05, 0) is 49.4 Å². The number of aryl methyl sites for hydroxylation is 2. The van der Waals surface area contributed by atoms with E-state index in [2.05, 4.69) is 64.7 Å². The molecule has 0 amide bonds. The number of nitrogens with zero attached hydrogens (tertiary/aromatic N) is 2. The Bertz CT molecular complexity index is 848. The molecule has 0 bridgehead atoms. The highest BCUT2D eigenvalue weighted by Gasteiger charge is 2.18. The Hall–Kier alpha value is -2.07. The second-order valence-electron chi connectivity index (χ2n) is 6.33. The third-order valence-corrected chi connectivity index (χ3v) is 5.67. The van der Waals surface area contributed by atoms with Crippen molar-refractivity contribution in [3.05, 3.63) is 59.9 Å². The molecule has 0 radical (unpaired) electrons. The highest BCUT2D eigenvalue weighted by atomic mass is 32.2. The fourth-order valence-electron chi connectivity index (χ4n) is 3.29. The first-order chi connectivity index (χ1) is 11.8. The van der Waals surface area contributed by atoms with E-state index < -0.39 is 0 Å². The number of anilines is 1. The maximum atomic E-state index is 4.55. The van der Waals surface area contributed by atoms with Crippen LogP contribution in [0.4, 0.5) is 5.82 Å². The third-order valence-electron chi connectivity index (χ3n) is 4.57. The van der Waals surface area contributed by atoms with Gasteiger partial charge in [0.25, 0.3) is 0 Å². The molecule has 3 aromatic rings. The zero-order valence-electron chi connectivity index (χ0n) is 13.8. The molecule has 1 atom stereocenters. The SMILES string of the molecule is CC(CCc1ccccc1)Nc1ncnc2ccc3c(c12)CCS3. The van der Waals surface area contributed by atoms with Crippen molar-refractivity contribution in [2.75, 3.05) is 11.1 Å². The van der Waals surface area contributed by atoms with E-state index in [1.165, 1.54) is 21.4 Å². The second-order valence-corrected chi connectivity index (χ2v) is 7.46. The van der Waals surface area contributed by atoms with Gasteiger partial charge in [-0.1, -0.05) is 30.3 Å². The molecule has 1 aliphatic heterocycles. The van der Waals surface area contributed by atoms with Crippen molar-refractivity contribution in [1.29, 1.82) is 0 Å². The van der Waals surface area contributed by atoms with Crippen LogP contribution in [0.5, 0.6) is 0 Å². The van der Waals surface area contributed by atoms with Gasteiger partial charge in [0.1, 0.15) is 12.1 Å². The summed E-state index contributed by atoms with van der Waals surface area (Å²) in [6.45, 7) is 2.23. The van der Waals surface area contributed by atoms with E-state index >= 15 is 0 Å². The van der Waals surface area contributed by atoms with Gasteiger partial charge in [-0.25, -0.2) is 9.97 Å². The summed E-state index contributed by atoms with van der Waals surface area (Å²) in [5.41, 5.74) is 3.84. The van der Waals surface area contributed by atoms with Crippen LogP contribution in [0.15, 0.2) is 53.7 Å². The summed E-state index contributed by atoms with van der Waals surface area (Å²) < 4.78 is 0. The van der Waals surface area contributed by atoms with Crippen LogP contribution < -0.4 is 5.32 Å². The largest absolute Gasteiger partial charge is 0.367 e. The lowest BCUT2D eigenvalue weighted by Crippen LogP contribution is -2.17. The van der Waals surface area contributed by atoms with Crippen molar-refractivity contribution in [2.45, 2.75) is 37.1 Å². The van der Waals surface area contributed by atoms with Crippen molar-refractivity contribution in [1.82, 2.24) is 9.97 Å². The number of nitrogens with one attached hydrogen (secondary N) is 1. The summed E-state index contributed by atoms with van der Waals surface area (Å²) in [6.07, 6.45) is 4.94. The van der Waals surface area contributed by atoms with E-state index in [0.29, 0.717) is 6.04 Å². The van der Waals surface area contributed by atoms with Gasteiger partial charge >= 0.3 is 0 Å². The number of rotatable bonds is 5. The molecule has 122 valence electrons. The molecule has 1 unspecified atom stereocenters. The molecule has 1 N–H and O–H groups in total. The van der Waals surface area contributed by atoms with E-state index in [-0.39, 0.29) is 0 Å². The van der Waals surface area contributed by atoms with Gasteiger partial charge in [0, 0.05) is 22.1 Å². The Morgan fingerprint density at radius 3 is 2.88 bits per heavy atom. The minimum Gasteiger partial charge on any atom is -0.367 e. The maximum absolute atomic E-state index is 4.55. The van der Waals surface area contributed by atoms with E-state index in [1.807, 2.05) is 11.8 Å². The minimum absolute atomic E-state index is 0.369. The zero-order chi connectivity index (χ0) is 16.4. The molecule has 4 heteroatoms. The van der Waals surface area contributed by atoms with Crippen molar-refractivity contribution in [3.8, 4) is 0 Å². The Kier molecular flexibility index (Phi) is 4.39. The quantitative estimate of drug-likeness (QED) is 0.733. The monoisotopic (exact) mass is 335 g/mol. The summed E-state index contributed by atoms with van der Waals surface area (Å²) >= 11 is 1.93. The van der Waals surface area contributed by atoms with E-state index in [1.54, 1.807) is 6.33 Å². The Balaban J connectivity index is 1.55. The van der Waals surface area contributed by atoms with Gasteiger partial charge in [0.15, 0.2) is 0 Å². The minimum atomic E-state index is 0.369. The third kappa shape index (κ3) is 3.11. The average molecular weight is 335 g/mol. The van der Waals surface area contributed by atoms with E-state index in [0.717, 1.165) is 36.3 Å². The van der Waals surface area contributed by atoms with Crippen LogP contribution in [0, 0.1) is 0 Å². The molecule has 0 saturated carbocycles. The molecule has 0 fully saturated rings. The first kappa shape index (κ1) is 15.5. The smallest absolute Gasteiger partial charge is 0.137 e. The van der Waals surface area contributed by atoms with Crippen LogP contribution in [-0.4, -0.2) is 21.8 Å². The van der Waals surface area contributed by atoms with E-state index in [4.69, 9.17) is 0 Å². The van der Waals surface area contributed by atoms with Crippen LogP contribution in [0.25, 0.3) is 10.9 Å². The van der Waals surface area contributed by atoms with Crippen LogP contribution in [-0.2, 0) is 12.8 Å². The molecule has 24 heavy (non-hydrogen) atoms. The lowest BCUT2D eigenvalue weighted by atomic mass is 10.0. The van der Waals surface area contributed by atoms with Gasteiger partial charge in [-0.2, -0.15) is 0 Å². The predicted octanol–water partition coefficient (Wildman–Crippen LogP) is 4.71.